The maximum atomic E-state index is 11.0. The first-order chi connectivity index (χ1) is 53.4. The first-order valence-corrected chi connectivity index (χ1v) is 36.2. The second kappa shape index (κ2) is 24.5. The summed E-state index contributed by atoms with van der Waals surface area (Å²) < 4.78 is 14.6. The van der Waals surface area contributed by atoms with Gasteiger partial charge in [-0.2, -0.15) is 10.5 Å². The lowest BCUT2D eigenvalue weighted by Gasteiger charge is -2.39. The SMILES string of the molecule is N#Cc1cccc(-c2ccc3c(c2)Oc2cc(-c4cc(-c5ccccc5)nc(-c5cccc(-c6cc(C#N)cc(-c7ccc8c(c7)Oc7cc(-c9nc(-c%10ccccc%10)cc(-c%10cccc%11ccccc%10%11)n9)ccc7C87c8ccccc8-c8ccccc87)c6)c5)n4)ccc2C32c3ccccc3-c3ccccc32)c1. The molecule has 0 unspecified atom stereocenters. The van der Waals surface area contributed by atoms with Crippen molar-refractivity contribution in [3.05, 3.63) is 407 Å². The highest BCUT2D eigenvalue weighted by Crippen LogP contribution is 2.65. The van der Waals surface area contributed by atoms with Crippen molar-refractivity contribution in [1.82, 2.24) is 19.9 Å². The Morgan fingerprint density at radius 2 is 0.556 bits per heavy atom. The number of nitriles is 2. The van der Waals surface area contributed by atoms with Gasteiger partial charge < -0.3 is 9.47 Å². The van der Waals surface area contributed by atoms with Gasteiger partial charge in [-0.05, 0) is 161 Å². The van der Waals surface area contributed by atoms with Crippen LogP contribution < -0.4 is 9.47 Å². The fourth-order valence-corrected chi connectivity index (χ4v) is 17.5. The normalized spacial score (nSPS) is 13.1. The van der Waals surface area contributed by atoms with E-state index in [0.29, 0.717) is 40.0 Å². The van der Waals surface area contributed by atoms with Crippen molar-refractivity contribution in [2.75, 3.05) is 0 Å². The smallest absolute Gasteiger partial charge is 0.160 e. The Kier molecular flexibility index (Phi) is 14.0. The maximum absolute atomic E-state index is 11.0. The van der Waals surface area contributed by atoms with Crippen LogP contribution in [0.2, 0.25) is 0 Å². The third-order valence-corrected chi connectivity index (χ3v) is 22.3. The molecule has 2 spiro atoms. The summed E-state index contributed by atoms with van der Waals surface area (Å²) in [6.07, 6.45) is 0. The van der Waals surface area contributed by atoms with E-state index >= 15 is 0 Å². The average molecular weight is 1380 g/mol. The summed E-state index contributed by atoms with van der Waals surface area (Å²) in [4.78, 5) is 21.6. The zero-order valence-corrected chi connectivity index (χ0v) is 58.0. The molecular formula is C100H58N6O2. The Balaban J connectivity index is 0.676. The van der Waals surface area contributed by atoms with Gasteiger partial charge in [0.15, 0.2) is 11.6 Å². The summed E-state index contributed by atoms with van der Waals surface area (Å²) in [7, 11) is 0. The molecule has 0 saturated carbocycles. The van der Waals surface area contributed by atoms with E-state index in [0.717, 1.165) is 128 Å². The van der Waals surface area contributed by atoms with Gasteiger partial charge in [0.25, 0.3) is 0 Å². The van der Waals surface area contributed by atoms with Gasteiger partial charge in [-0.3, -0.25) is 0 Å². The molecule has 0 atom stereocenters. The molecular weight excluding hydrogens is 1320 g/mol. The van der Waals surface area contributed by atoms with Crippen LogP contribution in [0.25, 0.3) is 134 Å². The van der Waals surface area contributed by atoms with Crippen LogP contribution in [0.1, 0.15) is 55.6 Å². The summed E-state index contributed by atoms with van der Waals surface area (Å²) in [5, 5.41) is 23.2. The van der Waals surface area contributed by atoms with Crippen LogP contribution in [0.3, 0.4) is 0 Å². The highest BCUT2D eigenvalue weighted by Gasteiger charge is 2.53. The molecule has 2 aromatic heterocycles. The number of fused-ring (bicyclic) bond motifs is 19. The summed E-state index contributed by atoms with van der Waals surface area (Å²) in [5.41, 5.74) is 27.1. The molecule has 2 aliphatic heterocycles. The zero-order chi connectivity index (χ0) is 71.6. The number of hydrogen-bond donors (Lipinski definition) is 0. The van der Waals surface area contributed by atoms with E-state index in [4.69, 9.17) is 29.4 Å². The van der Waals surface area contributed by atoms with Gasteiger partial charge in [0.1, 0.15) is 23.0 Å². The van der Waals surface area contributed by atoms with E-state index in [1.54, 1.807) is 0 Å². The van der Waals surface area contributed by atoms with Crippen LogP contribution in [0.4, 0.5) is 0 Å². The Labute approximate surface area is 623 Å². The third-order valence-electron chi connectivity index (χ3n) is 22.3. The van der Waals surface area contributed by atoms with Crippen LogP contribution in [-0.4, -0.2) is 19.9 Å². The summed E-state index contributed by atoms with van der Waals surface area (Å²) in [5.74, 6) is 3.97. The lowest BCUT2D eigenvalue weighted by atomic mass is 9.66. The molecule has 4 heterocycles. The predicted molar refractivity (Wildman–Crippen MR) is 428 cm³/mol. The quantitative estimate of drug-likeness (QED) is 0.140. The molecule has 2 aliphatic carbocycles. The maximum Gasteiger partial charge on any atom is 0.160 e. The Bertz CT molecular complexity index is 6650. The topological polar surface area (TPSA) is 118 Å². The minimum atomic E-state index is -0.759. The Morgan fingerprint density at radius 3 is 1.09 bits per heavy atom. The van der Waals surface area contributed by atoms with E-state index < -0.39 is 10.8 Å². The molecule has 0 bridgehead atoms. The predicted octanol–water partition coefficient (Wildman–Crippen LogP) is 24.1. The van der Waals surface area contributed by atoms with Crippen LogP contribution in [0.5, 0.6) is 23.0 Å². The Morgan fingerprint density at radius 1 is 0.222 bits per heavy atom. The van der Waals surface area contributed by atoms with E-state index in [-0.39, 0.29) is 0 Å². The number of rotatable bonds is 9. The third kappa shape index (κ3) is 9.61. The number of benzene rings is 15. The highest BCUT2D eigenvalue weighted by atomic mass is 16.5. The first-order valence-electron chi connectivity index (χ1n) is 36.2. The molecule has 17 aromatic rings. The van der Waals surface area contributed by atoms with E-state index in [1.807, 2.05) is 78.9 Å². The average Bonchev–Trinajstić information content (AvgIpc) is 1.48. The van der Waals surface area contributed by atoms with Crippen LogP contribution >= 0.6 is 0 Å². The van der Waals surface area contributed by atoms with Gasteiger partial charge >= 0.3 is 0 Å². The number of hydrogen-bond acceptors (Lipinski definition) is 8. The first kappa shape index (κ1) is 61.9. The van der Waals surface area contributed by atoms with Gasteiger partial charge in [-0.25, -0.2) is 19.9 Å². The van der Waals surface area contributed by atoms with Gasteiger partial charge in [0.05, 0.1) is 56.9 Å². The molecule has 0 saturated heterocycles. The number of aromatic nitrogens is 4. The summed E-state index contributed by atoms with van der Waals surface area (Å²) >= 11 is 0. The number of nitrogens with zero attached hydrogens (tertiary/aromatic N) is 6. The lowest BCUT2D eigenvalue weighted by molar-refractivity contribution is 0.436. The molecule has 8 nitrogen and oxygen atoms in total. The van der Waals surface area contributed by atoms with E-state index in [2.05, 4.69) is 285 Å². The highest BCUT2D eigenvalue weighted by molar-refractivity contribution is 5.97. The van der Waals surface area contributed by atoms with Gasteiger partial charge in [-0.1, -0.05) is 279 Å². The molecule has 21 rings (SSSR count). The largest absolute Gasteiger partial charge is 0.457 e. The molecule has 4 aliphatic rings. The molecule has 0 radical (unpaired) electrons. The zero-order valence-electron chi connectivity index (χ0n) is 58.0. The van der Waals surface area contributed by atoms with E-state index in [9.17, 15) is 10.5 Å². The van der Waals surface area contributed by atoms with Crippen molar-refractivity contribution < 1.29 is 9.47 Å². The van der Waals surface area contributed by atoms with E-state index in [1.165, 1.54) is 44.5 Å². The Hall–Kier alpha value is -14.7. The molecule has 15 aromatic carbocycles. The van der Waals surface area contributed by atoms with Crippen molar-refractivity contribution >= 4 is 10.8 Å². The van der Waals surface area contributed by atoms with Crippen LogP contribution in [-0.2, 0) is 10.8 Å². The lowest BCUT2D eigenvalue weighted by Crippen LogP contribution is -2.32. The monoisotopic (exact) mass is 1370 g/mol. The van der Waals surface area contributed by atoms with Gasteiger partial charge in [0, 0.05) is 55.6 Å². The standard InChI is InChI=1S/C100H58N6O2/c101-59-61-20-17-27-66(48-61)68-40-44-85-93(53-68)107-95-55-70(42-46-87(95)99(85)81-36-13-9-31-76(81)77-32-10-14-37-82(77)99)91-57-89(64-22-3-1-4-23-64)103-97(105-91)71-29-18-28-67(51-71)73-49-62(60-102)50-74(52-73)69-41-45-86-94(54-69)108-96-56-72(43-47-88(96)100(86)83-38-15-11-33-78(83)79-34-12-16-39-84(79)100)98-104-90(65-24-5-2-6-25-65)58-92(106-98)80-35-19-26-63-21-7-8-30-75(63)80/h1-58H. The molecule has 8 heteroatoms. The van der Waals surface area contributed by atoms with Crippen molar-refractivity contribution in [3.63, 3.8) is 0 Å². The molecule has 108 heavy (non-hydrogen) atoms. The number of ether oxygens (including phenoxy) is 2. The molecule has 0 fully saturated rings. The van der Waals surface area contributed by atoms with Gasteiger partial charge in [0.2, 0.25) is 0 Å². The summed E-state index contributed by atoms with van der Waals surface area (Å²) in [6.45, 7) is 0. The van der Waals surface area contributed by atoms with Crippen molar-refractivity contribution in [2.24, 2.45) is 0 Å². The fourth-order valence-electron chi connectivity index (χ4n) is 17.5. The van der Waals surface area contributed by atoms with Crippen molar-refractivity contribution in [3.8, 4) is 159 Å². The van der Waals surface area contributed by atoms with Crippen LogP contribution in [0.15, 0.2) is 352 Å². The second-order valence-corrected chi connectivity index (χ2v) is 28.1. The fraction of sp³-hybridized carbons (Fsp3) is 0.0200. The summed E-state index contributed by atoms with van der Waals surface area (Å²) in [6, 6.07) is 127. The molecule has 0 amide bonds. The molecule has 500 valence electrons. The van der Waals surface area contributed by atoms with Crippen molar-refractivity contribution in [2.45, 2.75) is 10.8 Å². The second-order valence-electron chi connectivity index (χ2n) is 28.1. The van der Waals surface area contributed by atoms with Gasteiger partial charge in [-0.15, -0.1) is 0 Å². The minimum absolute atomic E-state index is 0.509. The van der Waals surface area contributed by atoms with Crippen molar-refractivity contribution in [1.29, 1.82) is 10.5 Å². The minimum Gasteiger partial charge on any atom is -0.457 e. The van der Waals surface area contributed by atoms with Crippen LogP contribution in [0, 0.1) is 22.7 Å². The molecule has 0 N–H and O–H groups in total.